The van der Waals surface area contributed by atoms with E-state index in [2.05, 4.69) is 5.10 Å². The molecule has 0 fully saturated rings. The van der Waals surface area contributed by atoms with E-state index in [1.54, 1.807) is 0 Å². The highest BCUT2D eigenvalue weighted by atomic mass is 19.1. The van der Waals surface area contributed by atoms with Crippen molar-refractivity contribution in [3.63, 3.8) is 0 Å². The topological polar surface area (TPSA) is 83.6 Å². The average Bonchev–Trinajstić information content (AvgIpc) is 2.59. The molecule has 0 saturated heterocycles. The minimum absolute atomic E-state index is 0.464. The fourth-order valence-electron chi connectivity index (χ4n) is 1.41. The Morgan fingerprint density at radius 2 is 1.94 bits per heavy atom. The lowest BCUT2D eigenvalue weighted by atomic mass is 10.2. The van der Waals surface area contributed by atoms with Crippen molar-refractivity contribution in [2.45, 2.75) is 0 Å². The molecule has 6 nitrogen and oxygen atoms in total. The van der Waals surface area contributed by atoms with Gasteiger partial charge in [0.1, 0.15) is 17.6 Å². The maximum absolute atomic E-state index is 13.6. The van der Waals surface area contributed by atoms with E-state index in [-0.39, 0.29) is 0 Å². The lowest BCUT2D eigenvalue weighted by molar-refractivity contribution is 0.581. The van der Waals surface area contributed by atoms with Gasteiger partial charge in [0, 0.05) is 13.1 Å². The van der Waals surface area contributed by atoms with Gasteiger partial charge in [0.25, 0.3) is 0 Å². The van der Waals surface area contributed by atoms with Gasteiger partial charge in [0.05, 0.1) is 5.56 Å². The van der Waals surface area contributed by atoms with Gasteiger partial charge in [-0.3, -0.25) is 0 Å². The van der Waals surface area contributed by atoms with Crippen molar-refractivity contribution in [1.82, 2.24) is 14.3 Å². The van der Waals surface area contributed by atoms with Crippen LogP contribution in [0.3, 0.4) is 0 Å². The summed E-state index contributed by atoms with van der Waals surface area (Å²) in [5.74, 6) is -1.97. The Morgan fingerprint density at radius 1 is 1.28 bits per heavy atom. The zero-order valence-corrected chi connectivity index (χ0v) is 9.07. The van der Waals surface area contributed by atoms with Gasteiger partial charge in [-0.25, -0.2) is 28.0 Å². The number of hydrogen-bond acceptors (Lipinski definition) is 3. The third-order valence-corrected chi connectivity index (χ3v) is 2.39. The molecule has 0 unspecified atom stereocenters. The molecule has 0 aliphatic rings. The average molecular weight is 252 g/mol. The minimum atomic E-state index is -0.989. The summed E-state index contributed by atoms with van der Waals surface area (Å²) >= 11 is 0. The van der Waals surface area contributed by atoms with Crippen molar-refractivity contribution in [3.8, 4) is 11.8 Å². The molecule has 0 aliphatic carbocycles. The number of benzene rings is 1. The first-order chi connectivity index (χ1) is 8.45. The fourth-order valence-corrected chi connectivity index (χ4v) is 1.41. The molecule has 1 aromatic carbocycles. The van der Waals surface area contributed by atoms with Crippen molar-refractivity contribution in [1.29, 1.82) is 5.26 Å². The number of aromatic nitrogens is 3. The molecule has 0 atom stereocenters. The van der Waals surface area contributed by atoms with Crippen molar-refractivity contribution < 1.29 is 8.78 Å². The molecule has 18 heavy (non-hydrogen) atoms. The zero-order chi connectivity index (χ0) is 13.4. The molecule has 92 valence electrons. The maximum atomic E-state index is 13.6. The number of nitrogens with zero attached hydrogens (tertiary/aromatic N) is 3. The van der Waals surface area contributed by atoms with Crippen LogP contribution in [0.2, 0.25) is 0 Å². The van der Waals surface area contributed by atoms with Crippen LogP contribution in [0, 0.1) is 23.0 Å². The van der Waals surface area contributed by atoms with Gasteiger partial charge in [-0.15, -0.1) is 0 Å². The SMILES string of the molecule is Cn1c(=O)[nH]n(-c2cc(F)c(C#N)cc2F)c1=O. The zero-order valence-electron chi connectivity index (χ0n) is 9.07. The molecule has 8 heteroatoms. The van der Waals surface area contributed by atoms with E-state index in [1.165, 1.54) is 13.1 Å². The highest BCUT2D eigenvalue weighted by Gasteiger charge is 2.15. The monoisotopic (exact) mass is 252 g/mol. The van der Waals surface area contributed by atoms with E-state index in [9.17, 15) is 18.4 Å². The van der Waals surface area contributed by atoms with E-state index < -0.39 is 34.3 Å². The van der Waals surface area contributed by atoms with Crippen molar-refractivity contribution in [3.05, 3.63) is 50.3 Å². The second-order valence-electron chi connectivity index (χ2n) is 3.49. The molecule has 2 aromatic rings. The Balaban J connectivity index is 2.77. The number of hydrogen-bond donors (Lipinski definition) is 1. The van der Waals surface area contributed by atoms with E-state index in [4.69, 9.17) is 5.26 Å². The largest absolute Gasteiger partial charge is 0.351 e. The van der Waals surface area contributed by atoms with Crippen LogP contribution in [0.4, 0.5) is 8.78 Å². The van der Waals surface area contributed by atoms with Gasteiger partial charge in [-0.2, -0.15) is 9.94 Å². The first kappa shape index (κ1) is 11.8. The minimum Gasteiger partial charge on any atom is -0.246 e. The maximum Gasteiger partial charge on any atom is 0.351 e. The fraction of sp³-hybridized carbons (Fsp3) is 0.100. The number of H-pyrrole nitrogens is 1. The molecule has 0 amide bonds. The molecular formula is C10H6F2N4O2. The van der Waals surface area contributed by atoms with Crippen LogP contribution in [0.25, 0.3) is 5.69 Å². The van der Waals surface area contributed by atoms with E-state index in [1.807, 2.05) is 0 Å². The highest BCUT2D eigenvalue weighted by molar-refractivity contribution is 5.41. The van der Waals surface area contributed by atoms with Gasteiger partial charge in [0.2, 0.25) is 0 Å². The second-order valence-corrected chi connectivity index (χ2v) is 3.49. The van der Waals surface area contributed by atoms with Crippen LogP contribution in [-0.4, -0.2) is 14.3 Å². The summed E-state index contributed by atoms with van der Waals surface area (Å²) < 4.78 is 28.2. The first-order valence-corrected chi connectivity index (χ1v) is 4.73. The molecule has 2 rings (SSSR count). The van der Waals surface area contributed by atoms with E-state index >= 15 is 0 Å². The number of nitriles is 1. The molecule has 0 spiro atoms. The van der Waals surface area contributed by atoms with Gasteiger partial charge in [-0.05, 0) is 6.07 Å². The number of aromatic amines is 1. The molecule has 1 aromatic heterocycles. The van der Waals surface area contributed by atoms with Crippen LogP contribution >= 0.6 is 0 Å². The van der Waals surface area contributed by atoms with Gasteiger partial charge < -0.3 is 0 Å². The summed E-state index contributed by atoms with van der Waals surface area (Å²) in [6, 6.07) is 2.79. The summed E-state index contributed by atoms with van der Waals surface area (Å²) in [5.41, 5.74) is -2.55. The van der Waals surface area contributed by atoms with Crippen molar-refractivity contribution in [2.24, 2.45) is 7.05 Å². The summed E-state index contributed by atoms with van der Waals surface area (Å²) in [7, 11) is 1.19. The molecule has 1 heterocycles. The molecule has 1 N–H and O–H groups in total. The Morgan fingerprint density at radius 3 is 2.44 bits per heavy atom. The third-order valence-electron chi connectivity index (χ3n) is 2.39. The molecule has 0 aliphatic heterocycles. The van der Waals surface area contributed by atoms with Gasteiger partial charge in [-0.1, -0.05) is 0 Å². The highest BCUT2D eigenvalue weighted by Crippen LogP contribution is 2.15. The summed E-state index contributed by atoms with van der Waals surface area (Å²) in [6.45, 7) is 0. The van der Waals surface area contributed by atoms with E-state index in [0.29, 0.717) is 21.4 Å². The predicted octanol–water partition coefficient (Wildman–Crippen LogP) is 0.0142. The molecular weight excluding hydrogens is 246 g/mol. The van der Waals surface area contributed by atoms with Crippen molar-refractivity contribution >= 4 is 0 Å². The van der Waals surface area contributed by atoms with E-state index in [0.717, 1.165) is 0 Å². The lowest BCUT2D eigenvalue weighted by Crippen LogP contribution is -2.25. The first-order valence-electron chi connectivity index (χ1n) is 4.73. The van der Waals surface area contributed by atoms with Crippen LogP contribution in [0.1, 0.15) is 5.56 Å². The Hall–Kier alpha value is -2.69. The Kier molecular flexibility index (Phi) is 2.59. The quantitative estimate of drug-likeness (QED) is 0.776. The standard InChI is InChI=1S/C10H6F2N4O2/c1-15-9(17)14-16(10(15)18)8-3-6(11)5(4-13)2-7(8)12/h2-3H,1H3,(H,14,17). The second kappa shape index (κ2) is 3.96. The normalized spacial score (nSPS) is 10.3. The van der Waals surface area contributed by atoms with Crippen LogP contribution in [0.5, 0.6) is 0 Å². The van der Waals surface area contributed by atoms with Gasteiger partial charge >= 0.3 is 11.4 Å². The van der Waals surface area contributed by atoms with Crippen LogP contribution in [-0.2, 0) is 7.05 Å². The summed E-state index contributed by atoms with van der Waals surface area (Å²) in [4.78, 5) is 22.7. The predicted molar refractivity (Wildman–Crippen MR) is 56.3 cm³/mol. The molecule has 0 bridgehead atoms. The number of nitrogens with one attached hydrogen (secondary N) is 1. The molecule has 0 saturated carbocycles. The summed E-state index contributed by atoms with van der Waals surface area (Å²) in [5, 5.41) is 10.6. The van der Waals surface area contributed by atoms with Crippen LogP contribution in [0.15, 0.2) is 21.7 Å². The lowest BCUT2D eigenvalue weighted by Gasteiger charge is -2.03. The summed E-state index contributed by atoms with van der Waals surface area (Å²) in [6.07, 6.45) is 0. The third kappa shape index (κ3) is 1.62. The smallest absolute Gasteiger partial charge is 0.246 e. The van der Waals surface area contributed by atoms with Crippen LogP contribution < -0.4 is 11.4 Å². The van der Waals surface area contributed by atoms with Gasteiger partial charge in [0.15, 0.2) is 5.82 Å². The Labute approximate surface area is 98.3 Å². The number of rotatable bonds is 1. The Bertz CT molecular complexity index is 779. The van der Waals surface area contributed by atoms with Crippen molar-refractivity contribution in [2.75, 3.05) is 0 Å². The number of halogens is 2. The molecule has 0 radical (unpaired) electrons.